The van der Waals surface area contributed by atoms with Gasteiger partial charge in [0.25, 0.3) is 0 Å². The first kappa shape index (κ1) is 17.0. The summed E-state index contributed by atoms with van der Waals surface area (Å²) in [6.45, 7) is 1.76. The zero-order valence-corrected chi connectivity index (χ0v) is 13.0. The van der Waals surface area contributed by atoms with Gasteiger partial charge in [-0.3, -0.25) is 9.59 Å². The van der Waals surface area contributed by atoms with Gasteiger partial charge in [-0.05, 0) is 24.6 Å². The molecule has 1 aromatic heterocycles. The summed E-state index contributed by atoms with van der Waals surface area (Å²) in [5.41, 5.74) is 11.8. The molecular weight excluding hydrogens is 312 g/mol. The molecule has 0 aliphatic heterocycles. The highest BCUT2D eigenvalue weighted by Crippen LogP contribution is 2.15. The van der Waals surface area contributed by atoms with Crippen molar-refractivity contribution in [2.75, 3.05) is 0 Å². The van der Waals surface area contributed by atoms with E-state index in [9.17, 15) is 14.4 Å². The Labute approximate surface area is 138 Å². The number of carbonyl (C=O) groups excluding carboxylic acids is 3. The quantitative estimate of drug-likeness (QED) is 0.532. The summed E-state index contributed by atoms with van der Waals surface area (Å²) >= 11 is 0. The summed E-state index contributed by atoms with van der Waals surface area (Å²) in [5, 5.41) is 4.74. The molecule has 0 radical (unpaired) electrons. The fourth-order valence-electron chi connectivity index (χ4n) is 2.08. The molecule has 1 heterocycles. The van der Waals surface area contributed by atoms with Crippen molar-refractivity contribution in [3.63, 3.8) is 0 Å². The first-order chi connectivity index (χ1) is 11.4. The van der Waals surface area contributed by atoms with Crippen LogP contribution in [0.25, 0.3) is 5.69 Å². The van der Waals surface area contributed by atoms with Crippen molar-refractivity contribution in [2.45, 2.75) is 19.0 Å². The maximum absolute atomic E-state index is 11.8. The lowest BCUT2D eigenvalue weighted by Crippen LogP contribution is -2.55. The zero-order chi connectivity index (χ0) is 17.7. The molecule has 0 aliphatic carbocycles. The van der Waals surface area contributed by atoms with Gasteiger partial charge in [0, 0.05) is 18.1 Å². The average molecular weight is 330 g/mol. The first-order valence-electron chi connectivity index (χ1n) is 7.12. The SMILES string of the molecule is C[C@H](NC(=O)NC(C(N)=O)C(N)=O)c1ccc(-n2ccnc2)cc1. The second-order valence-corrected chi connectivity index (χ2v) is 5.14. The predicted molar refractivity (Wildman–Crippen MR) is 85.8 cm³/mol. The first-order valence-corrected chi connectivity index (χ1v) is 7.12. The molecule has 4 amide bonds. The van der Waals surface area contributed by atoms with Gasteiger partial charge in [-0.2, -0.15) is 0 Å². The van der Waals surface area contributed by atoms with E-state index in [-0.39, 0.29) is 6.04 Å². The summed E-state index contributed by atoms with van der Waals surface area (Å²) in [7, 11) is 0. The third kappa shape index (κ3) is 4.09. The molecule has 0 saturated carbocycles. The van der Waals surface area contributed by atoms with Gasteiger partial charge in [-0.1, -0.05) is 12.1 Å². The summed E-state index contributed by atoms with van der Waals surface area (Å²) in [5.74, 6) is -2.04. The van der Waals surface area contributed by atoms with E-state index >= 15 is 0 Å². The van der Waals surface area contributed by atoms with Gasteiger partial charge in [0.05, 0.1) is 12.4 Å². The van der Waals surface area contributed by atoms with E-state index in [1.54, 1.807) is 19.4 Å². The molecule has 0 unspecified atom stereocenters. The maximum Gasteiger partial charge on any atom is 0.316 e. The van der Waals surface area contributed by atoms with Crippen LogP contribution in [0.15, 0.2) is 43.0 Å². The molecule has 0 fully saturated rings. The fraction of sp³-hybridized carbons (Fsp3) is 0.200. The van der Waals surface area contributed by atoms with Gasteiger partial charge < -0.3 is 26.7 Å². The summed E-state index contributed by atoms with van der Waals surface area (Å²) in [6, 6.07) is 4.82. The number of nitrogens with one attached hydrogen (secondary N) is 2. The number of rotatable bonds is 6. The van der Waals surface area contributed by atoms with Gasteiger partial charge in [0.15, 0.2) is 6.04 Å². The topological polar surface area (TPSA) is 145 Å². The number of benzene rings is 1. The minimum atomic E-state index is -1.55. The number of hydrogen-bond donors (Lipinski definition) is 4. The molecule has 9 nitrogen and oxygen atoms in total. The number of nitrogens with zero attached hydrogens (tertiary/aromatic N) is 2. The van der Waals surface area contributed by atoms with Crippen molar-refractivity contribution in [1.29, 1.82) is 0 Å². The van der Waals surface area contributed by atoms with Crippen molar-refractivity contribution in [3.05, 3.63) is 48.5 Å². The Hall–Kier alpha value is -3.36. The molecule has 0 saturated heterocycles. The number of urea groups is 1. The Morgan fingerprint density at radius 3 is 2.21 bits per heavy atom. The van der Waals surface area contributed by atoms with E-state index in [4.69, 9.17) is 11.5 Å². The van der Waals surface area contributed by atoms with E-state index in [1.165, 1.54) is 0 Å². The van der Waals surface area contributed by atoms with Crippen LogP contribution in [0.4, 0.5) is 4.79 Å². The highest BCUT2D eigenvalue weighted by Gasteiger charge is 2.24. The number of aromatic nitrogens is 2. The molecule has 1 atom stereocenters. The monoisotopic (exact) mass is 330 g/mol. The lowest BCUT2D eigenvalue weighted by atomic mass is 10.1. The van der Waals surface area contributed by atoms with Crippen LogP contribution in [0.3, 0.4) is 0 Å². The molecule has 1 aromatic carbocycles. The Morgan fingerprint density at radius 2 is 1.71 bits per heavy atom. The number of carbonyl (C=O) groups is 3. The number of amides is 4. The number of imidazole rings is 1. The molecule has 9 heteroatoms. The molecule has 0 aliphatic rings. The number of hydrogen-bond acceptors (Lipinski definition) is 4. The van der Waals surface area contributed by atoms with Crippen molar-refractivity contribution in [3.8, 4) is 5.69 Å². The van der Waals surface area contributed by atoms with E-state index in [2.05, 4.69) is 15.6 Å². The molecule has 126 valence electrons. The third-order valence-corrected chi connectivity index (χ3v) is 3.39. The Morgan fingerprint density at radius 1 is 1.08 bits per heavy atom. The largest absolute Gasteiger partial charge is 0.367 e. The van der Waals surface area contributed by atoms with Crippen LogP contribution in [0.2, 0.25) is 0 Å². The van der Waals surface area contributed by atoms with Crippen molar-refractivity contribution >= 4 is 17.8 Å². The normalized spacial score (nSPS) is 11.8. The minimum absolute atomic E-state index is 0.358. The Kier molecular flexibility index (Phi) is 5.15. The number of primary amides is 2. The standard InChI is InChI=1S/C15H18N6O3/c1-9(19-15(24)20-12(13(16)22)14(17)23)10-2-4-11(5-3-10)21-7-6-18-8-21/h2-9,12H,1H3,(H2,16,22)(H2,17,23)(H2,19,20,24)/t9-/m0/s1. The highest BCUT2D eigenvalue weighted by atomic mass is 16.2. The molecule has 0 bridgehead atoms. The summed E-state index contributed by atoms with van der Waals surface area (Å²) in [4.78, 5) is 37.9. The summed E-state index contributed by atoms with van der Waals surface area (Å²) in [6.07, 6.45) is 5.17. The van der Waals surface area contributed by atoms with Crippen LogP contribution in [-0.2, 0) is 9.59 Å². The fourth-order valence-corrected chi connectivity index (χ4v) is 2.08. The van der Waals surface area contributed by atoms with Crippen molar-refractivity contribution in [1.82, 2.24) is 20.2 Å². The lowest BCUT2D eigenvalue weighted by Gasteiger charge is -2.18. The average Bonchev–Trinajstić information content (AvgIpc) is 3.06. The second kappa shape index (κ2) is 7.27. The van der Waals surface area contributed by atoms with E-state index in [0.29, 0.717) is 0 Å². The third-order valence-electron chi connectivity index (χ3n) is 3.39. The van der Waals surface area contributed by atoms with E-state index in [1.807, 2.05) is 35.0 Å². The Bertz CT molecular complexity index is 712. The molecule has 24 heavy (non-hydrogen) atoms. The maximum atomic E-state index is 11.8. The molecule has 6 N–H and O–H groups in total. The Balaban J connectivity index is 1.99. The van der Waals surface area contributed by atoms with E-state index < -0.39 is 23.9 Å². The van der Waals surface area contributed by atoms with Gasteiger partial charge >= 0.3 is 6.03 Å². The second-order valence-electron chi connectivity index (χ2n) is 5.14. The van der Waals surface area contributed by atoms with E-state index in [0.717, 1.165) is 11.3 Å². The zero-order valence-electron chi connectivity index (χ0n) is 13.0. The van der Waals surface area contributed by atoms with Gasteiger partial charge in [0.1, 0.15) is 0 Å². The van der Waals surface area contributed by atoms with Crippen LogP contribution in [0.1, 0.15) is 18.5 Å². The van der Waals surface area contributed by atoms with Crippen molar-refractivity contribution in [2.24, 2.45) is 11.5 Å². The molecule has 2 aromatic rings. The van der Waals surface area contributed by atoms with Crippen LogP contribution >= 0.6 is 0 Å². The predicted octanol–water partition coefficient (Wildman–Crippen LogP) is -0.428. The highest BCUT2D eigenvalue weighted by molar-refractivity contribution is 6.05. The van der Waals surface area contributed by atoms with Gasteiger partial charge in [-0.25, -0.2) is 9.78 Å². The van der Waals surface area contributed by atoms with Crippen LogP contribution in [0.5, 0.6) is 0 Å². The van der Waals surface area contributed by atoms with Crippen molar-refractivity contribution < 1.29 is 14.4 Å². The molecule has 0 spiro atoms. The van der Waals surface area contributed by atoms with Crippen LogP contribution in [0, 0.1) is 0 Å². The lowest BCUT2D eigenvalue weighted by molar-refractivity contribution is -0.128. The van der Waals surface area contributed by atoms with Gasteiger partial charge in [-0.15, -0.1) is 0 Å². The minimum Gasteiger partial charge on any atom is -0.367 e. The molecular formula is C15H18N6O3. The van der Waals surface area contributed by atoms with Gasteiger partial charge in [0.2, 0.25) is 11.8 Å². The molecule has 2 rings (SSSR count). The summed E-state index contributed by atoms with van der Waals surface area (Å²) < 4.78 is 1.85. The van der Waals surface area contributed by atoms with Crippen LogP contribution < -0.4 is 22.1 Å². The number of nitrogens with two attached hydrogens (primary N) is 2. The van der Waals surface area contributed by atoms with Crippen LogP contribution in [-0.4, -0.2) is 33.4 Å². The smallest absolute Gasteiger partial charge is 0.316 e.